The molecule has 0 unspecified atom stereocenters. The molecule has 0 bridgehead atoms. The number of unbranched alkanes of at least 4 members (excludes halogenated alkanes) is 18. The predicted octanol–water partition coefficient (Wildman–Crippen LogP) is 17.0. The van der Waals surface area contributed by atoms with Gasteiger partial charge < -0.3 is 0 Å². The van der Waals surface area contributed by atoms with Crippen LogP contribution in [0.5, 0.6) is 0 Å². The van der Waals surface area contributed by atoms with Crippen molar-refractivity contribution in [2.75, 3.05) is 0 Å². The molecule has 0 aromatic heterocycles. The van der Waals surface area contributed by atoms with Crippen LogP contribution in [0.2, 0.25) is 0 Å². The van der Waals surface area contributed by atoms with Crippen LogP contribution in [-0.4, -0.2) is 11.4 Å². The fourth-order valence-electron chi connectivity index (χ4n) is 7.35. The summed E-state index contributed by atoms with van der Waals surface area (Å²) >= 11 is 0. The van der Waals surface area contributed by atoms with Crippen molar-refractivity contribution in [2.24, 2.45) is 9.98 Å². The van der Waals surface area contributed by atoms with Gasteiger partial charge in [0.2, 0.25) is 0 Å². The molecule has 53 heavy (non-hydrogen) atoms. The zero-order chi connectivity index (χ0) is 37.3. The zero-order valence-corrected chi connectivity index (χ0v) is 37.0. The van der Waals surface area contributed by atoms with Crippen molar-refractivity contribution in [3.05, 3.63) is 71.3 Å². The van der Waals surface area contributed by atoms with Crippen molar-refractivity contribution in [2.45, 2.75) is 221 Å². The van der Waals surface area contributed by atoms with Gasteiger partial charge in [0.05, 0.1) is 22.8 Å². The summed E-state index contributed by atoms with van der Waals surface area (Å²) in [6.45, 7) is 11.5. The molecule has 2 aromatic carbocycles. The Morgan fingerprint density at radius 2 is 0.943 bits per heavy atom. The summed E-state index contributed by atoms with van der Waals surface area (Å²) in [6, 6.07) is 15.9. The molecule has 0 N–H and O–H groups in total. The van der Waals surface area contributed by atoms with E-state index in [-0.39, 0.29) is 20.4 Å². The van der Waals surface area contributed by atoms with Gasteiger partial charge in [-0.3, -0.25) is 9.98 Å². The quantitative estimate of drug-likeness (QED) is 0.0297. The molecule has 0 atom stereocenters. The van der Waals surface area contributed by atoms with Gasteiger partial charge >= 0.3 is 0 Å². The summed E-state index contributed by atoms with van der Waals surface area (Å²) < 4.78 is 0. The third kappa shape index (κ3) is 23.7. The van der Waals surface area contributed by atoms with E-state index < -0.39 is 0 Å². The molecular weight excluding hydrogens is 735 g/mol. The average molecular weight is 818 g/mol. The molecule has 2 rings (SSSR count). The molecule has 0 aliphatic carbocycles. The van der Waals surface area contributed by atoms with E-state index in [1.807, 2.05) is 0 Å². The van der Waals surface area contributed by atoms with E-state index in [1.165, 1.54) is 169 Å². The smallest absolute Gasteiger partial charge is 0.0665 e. The van der Waals surface area contributed by atoms with Crippen molar-refractivity contribution < 1.29 is 20.4 Å². The van der Waals surface area contributed by atoms with Crippen molar-refractivity contribution in [1.29, 1.82) is 0 Å². The van der Waals surface area contributed by atoms with Crippen molar-refractivity contribution in [3.8, 4) is 0 Å². The number of aliphatic imine (C=N–C) groups is 2. The molecule has 0 fully saturated rings. The monoisotopic (exact) mass is 817 g/mol. The normalized spacial score (nSPS) is 12.2. The van der Waals surface area contributed by atoms with E-state index in [2.05, 4.69) is 89.2 Å². The van der Waals surface area contributed by atoms with Crippen molar-refractivity contribution >= 4 is 22.8 Å². The number of nitrogens with zero attached hydrogens (tertiary/aromatic N) is 2. The Hall–Kier alpha value is -1.82. The molecular formula is C50H82N2Pd. The largest absolute Gasteiger partial charge is 0.252 e. The van der Waals surface area contributed by atoms with Crippen LogP contribution in [0.1, 0.15) is 218 Å². The van der Waals surface area contributed by atoms with Gasteiger partial charge in [0.15, 0.2) is 0 Å². The molecule has 302 valence electrons. The molecule has 0 aliphatic heterocycles. The van der Waals surface area contributed by atoms with Crippen LogP contribution in [0.15, 0.2) is 64.6 Å². The second-order valence-corrected chi connectivity index (χ2v) is 15.5. The van der Waals surface area contributed by atoms with Crippen LogP contribution in [0, 0.1) is 0 Å². The van der Waals surface area contributed by atoms with E-state index in [9.17, 15) is 0 Å². The summed E-state index contributed by atoms with van der Waals surface area (Å²) in [5.41, 5.74) is 9.05. The maximum Gasteiger partial charge on any atom is 0.0665 e. The van der Waals surface area contributed by atoms with Gasteiger partial charge in [-0.1, -0.05) is 187 Å². The Bertz CT molecular complexity index is 1240. The molecule has 0 amide bonds. The summed E-state index contributed by atoms with van der Waals surface area (Å²) in [7, 11) is 0. The second-order valence-electron chi connectivity index (χ2n) is 15.5. The van der Waals surface area contributed by atoms with Gasteiger partial charge in [0.1, 0.15) is 0 Å². The fourth-order valence-corrected chi connectivity index (χ4v) is 7.35. The SMILES string of the molecule is CCCCCCCCCCCCC/C=C/CCCc1ccccc1N=C(CCCCCCCC)C(CCCC)=Nc1ccc(CCC)c(CCC)c1.[Pd]. The van der Waals surface area contributed by atoms with Crippen LogP contribution in [0.4, 0.5) is 11.4 Å². The number of benzene rings is 2. The van der Waals surface area contributed by atoms with Gasteiger partial charge in [-0.15, -0.1) is 0 Å². The molecule has 0 saturated heterocycles. The minimum Gasteiger partial charge on any atom is -0.252 e. The Morgan fingerprint density at radius 1 is 0.434 bits per heavy atom. The summed E-state index contributed by atoms with van der Waals surface area (Å²) in [5.74, 6) is 0. The predicted molar refractivity (Wildman–Crippen MR) is 236 cm³/mol. The van der Waals surface area contributed by atoms with Crippen LogP contribution in [-0.2, 0) is 39.7 Å². The fraction of sp³-hybridized carbons (Fsp3) is 0.680. The Morgan fingerprint density at radius 3 is 1.57 bits per heavy atom. The zero-order valence-electron chi connectivity index (χ0n) is 35.4. The standard InChI is InChI=1S/C50H82N2.Pd/c1-6-11-14-16-18-19-20-21-22-23-24-25-26-27-28-30-36-45-37-32-33-39-48(45)52-50(40-31-29-17-15-12-7-2)49(38-13-8-3)51-47-42-41-44(34-9-4)46(43-47)35-10-5;/h26-27,32-33,37,39,41-43H,6-25,28-31,34-36,38,40H2,1-5H3;/b27-26+,51-49?,52-50?;. The molecule has 0 spiro atoms. The Labute approximate surface area is 343 Å². The van der Waals surface area contributed by atoms with Gasteiger partial charge in [0.25, 0.3) is 0 Å². The summed E-state index contributed by atoms with van der Waals surface area (Å²) in [4.78, 5) is 10.9. The van der Waals surface area contributed by atoms with E-state index in [4.69, 9.17) is 9.98 Å². The first-order chi connectivity index (χ1) is 25.7. The van der Waals surface area contributed by atoms with Crippen LogP contribution in [0.25, 0.3) is 0 Å². The Balaban J connectivity index is 0.0000140. The minimum atomic E-state index is 0. The number of hydrogen-bond acceptors (Lipinski definition) is 2. The number of aryl methyl sites for hydroxylation is 3. The number of hydrogen-bond donors (Lipinski definition) is 0. The first kappa shape index (κ1) is 49.2. The number of allylic oxidation sites excluding steroid dienone is 2. The molecule has 0 heterocycles. The molecule has 0 saturated carbocycles. The van der Waals surface area contributed by atoms with Gasteiger partial charge in [0, 0.05) is 20.4 Å². The van der Waals surface area contributed by atoms with Gasteiger partial charge in [-0.25, -0.2) is 0 Å². The molecule has 0 aliphatic rings. The maximum absolute atomic E-state index is 5.51. The topological polar surface area (TPSA) is 24.7 Å². The third-order valence-electron chi connectivity index (χ3n) is 10.6. The maximum atomic E-state index is 5.51. The van der Waals surface area contributed by atoms with Gasteiger partial charge in [-0.05, 0) is 106 Å². The van der Waals surface area contributed by atoms with Crippen LogP contribution < -0.4 is 0 Å². The van der Waals surface area contributed by atoms with E-state index >= 15 is 0 Å². The summed E-state index contributed by atoms with van der Waals surface area (Å²) in [5, 5.41) is 0. The summed E-state index contributed by atoms with van der Waals surface area (Å²) in [6.07, 6.45) is 41.8. The van der Waals surface area contributed by atoms with Gasteiger partial charge in [-0.2, -0.15) is 0 Å². The van der Waals surface area contributed by atoms with Crippen molar-refractivity contribution in [1.82, 2.24) is 0 Å². The number of para-hydroxylation sites is 1. The molecule has 2 aromatic rings. The third-order valence-corrected chi connectivity index (χ3v) is 10.6. The molecule has 0 radical (unpaired) electrons. The minimum absolute atomic E-state index is 0. The molecule has 3 heteroatoms. The second kappa shape index (κ2) is 34.7. The van der Waals surface area contributed by atoms with Crippen LogP contribution in [0.3, 0.4) is 0 Å². The number of rotatable bonds is 33. The first-order valence-corrected chi connectivity index (χ1v) is 22.7. The molecule has 2 nitrogen and oxygen atoms in total. The van der Waals surface area contributed by atoms with E-state index in [0.717, 1.165) is 56.3 Å². The van der Waals surface area contributed by atoms with E-state index in [0.29, 0.717) is 0 Å². The van der Waals surface area contributed by atoms with Crippen LogP contribution >= 0.6 is 0 Å². The van der Waals surface area contributed by atoms with E-state index in [1.54, 1.807) is 0 Å². The van der Waals surface area contributed by atoms with Crippen molar-refractivity contribution in [3.63, 3.8) is 0 Å². The Kier molecular flexibility index (Phi) is 32.2. The first-order valence-electron chi connectivity index (χ1n) is 22.7. The average Bonchev–Trinajstić information content (AvgIpc) is 3.15.